The summed E-state index contributed by atoms with van der Waals surface area (Å²) in [6.45, 7) is 0. The minimum Gasteiger partial charge on any atom is -0.423 e. The molecule has 2 N–H and O–H groups in total. The van der Waals surface area contributed by atoms with Crippen LogP contribution in [0.4, 0.5) is 0 Å². The third kappa shape index (κ3) is 1.86. The number of hydrogen-bond acceptors (Lipinski definition) is 3. The van der Waals surface area contributed by atoms with Crippen LogP contribution in [0.1, 0.15) is 9.68 Å². The lowest BCUT2D eigenvalue weighted by molar-refractivity contribution is 0.425. The highest BCUT2D eigenvalue weighted by atomic mass is 79.9. The molecule has 0 aromatic heterocycles. The molecule has 0 aliphatic carbocycles. The van der Waals surface area contributed by atoms with Crippen molar-refractivity contribution in [2.75, 3.05) is 0 Å². The maximum atomic E-state index is 8.95. The Bertz CT molecular complexity index is 432. The number of nitrogens with zero attached hydrogens (tertiary/aromatic N) is 1. The minimum absolute atomic E-state index is 0.0462. The monoisotopic (exact) mass is 228 g/mol. The molecular weight excluding hydrogens is 221 g/mol. The van der Waals surface area contributed by atoms with E-state index in [4.69, 9.17) is 19.4 Å². The van der Waals surface area contributed by atoms with Crippen molar-refractivity contribution in [2.24, 2.45) is 0 Å². The molecule has 5 heteroatoms. The maximum absolute atomic E-state index is 8.95. The molecule has 0 atom stereocenters. The zero-order valence-corrected chi connectivity index (χ0v) is 7.38. The second kappa shape index (κ2) is 3.72. The van der Waals surface area contributed by atoms with E-state index in [1.54, 1.807) is 6.07 Å². The molecule has 0 amide bonds. The smallest absolute Gasteiger partial charge is 0.423 e. The summed E-state index contributed by atoms with van der Waals surface area (Å²) in [7, 11) is -1.95. The Kier molecular flexibility index (Phi) is 1.78. The van der Waals surface area contributed by atoms with E-state index in [9.17, 15) is 0 Å². The van der Waals surface area contributed by atoms with E-state index in [1.165, 1.54) is 0 Å². The Labute approximate surface area is 82.8 Å². The Morgan fingerprint density at radius 1 is 1.58 bits per heavy atom. The average molecular weight is 229 g/mol. The first-order valence-corrected chi connectivity index (χ1v) is 3.76. The molecule has 0 fully saturated rings. The summed E-state index contributed by atoms with van der Waals surface area (Å²) in [5.74, 6) is 0. The van der Waals surface area contributed by atoms with Crippen LogP contribution < -0.4 is 5.46 Å². The van der Waals surface area contributed by atoms with Crippen molar-refractivity contribution in [3.05, 3.63) is 28.2 Å². The molecule has 0 spiro atoms. The quantitative estimate of drug-likeness (QED) is 0.666. The predicted octanol–water partition coefficient (Wildman–Crippen LogP) is 0.000580. The first kappa shape index (κ1) is 5.76. The molecule has 0 saturated carbocycles. The molecule has 0 aliphatic rings. The molecule has 3 nitrogen and oxygen atoms in total. The first-order valence-electron chi connectivity index (χ1n) is 4.47. The summed E-state index contributed by atoms with van der Waals surface area (Å²) in [6.07, 6.45) is 0. The van der Waals surface area contributed by atoms with Crippen molar-refractivity contribution in [1.29, 1.82) is 5.26 Å². The lowest BCUT2D eigenvalue weighted by atomic mass is 9.80. The van der Waals surface area contributed by atoms with Gasteiger partial charge >= 0.3 is 7.12 Å². The lowest BCUT2D eigenvalue weighted by Crippen LogP contribution is -2.30. The van der Waals surface area contributed by atoms with Gasteiger partial charge in [-0.3, -0.25) is 0 Å². The number of benzene rings is 1. The van der Waals surface area contributed by atoms with Crippen LogP contribution in [0.3, 0.4) is 0 Å². The van der Waals surface area contributed by atoms with E-state index >= 15 is 0 Å². The van der Waals surface area contributed by atoms with Crippen molar-refractivity contribution in [3.63, 3.8) is 0 Å². The number of hydrogen-bond donors (Lipinski definition) is 2. The van der Waals surface area contributed by atoms with E-state index in [2.05, 4.69) is 15.9 Å². The number of rotatable bonds is 1. The zero-order valence-electron chi connectivity index (χ0n) is 8.80. The van der Waals surface area contributed by atoms with Crippen LogP contribution in [0.2, 0.25) is 0 Å². The van der Waals surface area contributed by atoms with E-state index in [-0.39, 0.29) is 21.5 Å². The van der Waals surface area contributed by atoms with E-state index < -0.39 is 19.2 Å². The average Bonchev–Trinajstić information content (AvgIpc) is 2.16. The second-order valence-corrected chi connectivity index (χ2v) is 2.76. The zero-order chi connectivity index (χ0) is 11.7. The van der Waals surface area contributed by atoms with Gasteiger partial charge in [0.15, 0.2) is 0 Å². The third-order valence-electron chi connectivity index (χ3n) is 1.16. The second-order valence-electron chi connectivity index (χ2n) is 1.96. The van der Waals surface area contributed by atoms with Gasteiger partial charge in [-0.15, -0.1) is 0 Å². The largest absolute Gasteiger partial charge is 0.489 e. The van der Waals surface area contributed by atoms with E-state index in [0.717, 1.165) is 0 Å². The highest BCUT2D eigenvalue weighted by Crippen LogP contribution is 2.09. The van der Waals surface area contributed by atoms with Gasteiger partial charge in [0.05, 0.1) is 15.7 Å². The first-order chi connectivity index (χ1) is 6.91. The standard InChI is InChI=1S/C7H5BBrNO2/c9-7-3-5(4-10)1-2-6(7)8(11)12/h1-3,11-12H/i1D,2D,3D. The van der Waals surface area contributed by atoms with Crippen LogP contribution in [0.5, 0.6) is 0 Å². The van der Waals surface area contributed by atoms with Crippen LogP contribution in [0.15, 0.2) is 22.6 Å². The molecular formula is C7H5BBrNO2. The van der Waals surface area contributed by atoms with Crippen LogP contribution >= 0.6 is 15.9 Å². The maximum Gasteiger partial charge on any atom is 0.489 e. The normalized spacial score (nSPS) is 12.7. The molecule has 0 saturated heterocycles. The van der Waals surface area contributed by atoms with E-state index in [1.807, 2.05) is 0 Å². The highest BCUT2D eigenvalue weighted by molar-refractivity contribution is 9.10. The SMILES string of the molecule is [2H]c1c([2H])c(B(O)O)c(Br)c([2H])c1C#N. The lowest BCUT2D eigenvalue weighted by Gasteiger charge is -2.01. The number of halogens is 1. The fourth-order valence-electron chi connectivity index (χ4n) is 0.627. The van der Waals surface area contributed by atoms with Crippen molar-refractivity contribution < 1.29 is 14.2 Å². The van der Waals surface area contributed by atoms with Crippen molar-refractivity contribution >= 4 is 28.5 Å². The Morgan fingerprint density at radius 3 is 2.75 bits per heavy atom. The third-order valence-corrected chi connectivity index (χ3v) is 1.79. The predicted molar refractivity (Wildman–Crippen MR) is 48.7 cm³/mol. The molecule has 1 aromatic rings. The topological polar surface area (TPSA) is 64.2 Å². The molecule has 0 aliphatic heterocycles. The van der Waals surface area contributed by atoms with Crippen LogP contribution in [-0.2, 0) is 0 Å². The van der Waals surface area contributed by atoms with Crippen LogP contribution in [0.25, 0.3) is 0 Å². The molecule has 0 unspecified atom stereocenters. The van der Waals surface area contributed by atoms with Gasteiger partial charge in [-0.1, -0.05) is 22.0 Å². The molecule has 0 heterocycles. The fraction of sp³-hybridized carbons (Fsp3) is 0. The van der Waals surface area contributed by atoms with Gasteiger partial charge in [0.1, 0.15) is 0 Å². The van der Waals surface area contributed by atoms with Gasteiger partial charge in [0.25, 0.3) is 0 Å². The summed E-state index contributed by atoms with van der Waals surface area (Å²) in [5, 5.41) is 26.6. The minimum atomic E-state index is -1.95. The van der Waals surface area contributed by atoms with Crippen molar-refractivity contribution in [3.8, 4) is 6.07 Å². The Morgan fingerprint density at radius 2 is 2.25 bits per heavy atom. The van der Waals surface area contributed by atoms with Gasteiger partial charge in [0, 0.05) is 4.47 Å². The van der Waals surface area contributed by atoms with Crippen LogP contribution in [-0.4, -0.2) is 17.2 Å². The van der Waals surface area contributed by atoms with Gasteiger partial charge in [0.2, 0.25) is 0 Å². The van der Waals surface area contributed by atoms with Crippen molar-refractivity contribution in [1.82, 2.24) is 0 Å². The molecule has 12 heavy (non-hydrogen) atoms. The van der Waals surface area contributed by atoms with E-state index in [0.29, 0.717) is 0 Å². The summed E-state index contributed by atoms with van der Waals surface area (Å²) < 4.78 is 22.3. The van der Waals surface area contributed by atoms with Crippen LogP contribution in [0, 0.1) is 11.3 Å². The van der Waals surface area contributed by atoms with Gasteiger partial charge in [-0.2, -0.15) is 5.26 Å². The number of nitriles is 1. The van der Waals surface area contributed by atoms with Gasteiger partial charge in [-0.25, -0.2) is 0 Å². The van der Waals surface area contributed by atoms with Gasteiger partial charge in [-0.05, 0) is 17.5 Å². The Balaban J connectivity index is 3.69. The summed E-state index contributed by atoms with van der Waals surface area (Å²) in [4.78, 5) is 0. The molecule has 0 radical (unpaired) electrons. The summed E-state index contributed by atoms with van der Waals surface area (Å²) >= 11 is 2.90. The summed E-state index contributed by atoms with van der Waals surface area (Å²) in [6, 6.07) is 0.359. The Hall–Kier alpha value is -0.825. The fourth-order valence-corrected chi connectivity index (χ4v) is 1.13. The molecule has 60 valence electrons. The highest BCUT2D eigenvalue weighted by Gasteiger charge is 2.14. The molecule has 0 bridgehead atoms. The van der Waals surface area contributed by atoms with Gasteiger partial charge < -0.3 is 10.0 Å². The molecule has 1 rings (SSSR count). The molecule has 1 aromatic carbocycles. The summed E-state index contributed by atoms with van der Waals surface area (Å²) in [5.41, 5.74) is -0.541. The van der Waals surface area contributed by atoms with Crippen molar-refractivity contribution in [2.45, 2.75) is 0 Å².